The molecule has 1 heterocycles. The largest absolute Gasteiger partial charge is 0.392 e. The normalized spacial score (nSPS) is 35.2. The molecular weight excluding hydrogens is 366 g/mol. The molecule has 0 aromatic heterocycles. The number of aliphatic hydroxyl groups is 2. The molecule has 1 amide bonds. The van der Waals surface area contributed by atoms with E-state index in [0.29, 0.717) is 24.4 Å². The predicted octanol–water partition coefficient (Wildman–Crippen LogP) is 3.07. The molecular formula is C24H37NO4. The van der Waals surface area contributed by atoms with E-state index >= 15 is 0 Å². The predicted molar refractivity (Wildman–Crippen MR) is 112 cm³/mol. The zero-order chi connectivity index (χ0) is 20.2. The molecule has 0 spiro atoms. The first kappa shape index (κ1) is 21.1. The van der Waals surface area contributed by atoms with Crippen LogP contribution in [0.5, 0.6) is 0 Å². The van der Waals surface area contributed by atoms with Crippen molar-refractivity contribution in [2.75, 3.05) is 26.3 Å². The summed E-state index contributed by atoms with van der Waals surface area (Å²) in [6.45, 7) is 2.43. The van der Waals surface area contributed by atoms with Gasteiger partial charge in [-0.2, -0.15) is 0 Å². The minimum atomic E-state index is -0.360. The average Bonchev–Trinajstić information content (AvgIpc) is 3.49. The molecule has 0 aromatic rings. The number of fused-ring (bicyclic) bond motifs is 1. The summed E-state index contributed by atoms with van der Waals surface area (Å²) in [6.07, 6.45) is 15.4. The molecule has 0 radical (unpaired) electrons. The average molecular weight is 404 g/mol. The van der Waals surface area contributed by atoms with Crippen molar-refractivity contribution in [2.24, 2.45) is 23.7 Å². The van der Waals surface area contributed by atoms with Crippen molar-refractivity contribution >= 4 is 5.91 Å². The Morgan fingerprint density at radius 3 is 2.69 bits per heavy atom. The van der Waals surface area contributed by atoms with Gasteiger partial charge in [0.15, 0.2) is 0 Å². The molecule has 0 bridgehead atoms. The second-order valence-electron chi connectivity index (χ2n) is 9.60. The van der Waals surface area contributed by atoms with Gasteiger partial charge in [0.25, 0.3) is 0 Å². The minimum absolute atomic E-state index is 0.110. The zero-order valence-electron chi connectivity index (χ0n) is 17.5. The molecule has 5 atom stereocenters. The van der Waals surface area contributed by atoms with Gasteiger partial charge in [-0.3, -0.25) is 4.79 Å². The topological polar surface area (TPSA) is 70.0 Å². The third-order valence-electron chi connectivity index (χ3n) is 7.70. The Labute approximate surface area is 174 Å². The number of ether oxygens (including phenoxy) is 1. The number of rotatable bonds is 7. The van der Waals surface area contributed by atoms with Crippen molar-refractivity contribution in [3.05, 3.63) is 23.8 Å². The summed E-state index contributed by atoms with van der Waals surface area (Å²) in [5.74, 6) is 1.66. The maximum Gasteiger partial charge on any atom is 0.248 e. The van der Waals surface area contributed by atoms with E-state index in [1.807, 2.05) is 11.0 Å². The van der Waals surface area contributed by atoms with E-state index in [9.17, 15) is 15.0 Å². The lowest BCUT2D eigenvalue weighted by molar-refractivity contribution is -0.134. The van der Waals surface area contributed by atoms with E-state index in [0.717, 1.165) is 58.0 Å². The van der Waals surface area contributed by atoms with E-state index in [1.165, 1.54) is 18.4 Å². The fraction of sp³-hybridized carbons (Fsp3) is 0.792. The number of nitrogens with zero attached hydrogens (tertiary/aromatic N) is 1. The summed E-state index contributed by atoms with van der Waals surface area (Å²) in [5.41, 5.74) is 1.40. The third-order valence-corrected chi connectivity index (χ3v) is 7.70. The van der Waals surface area contributed by atoms with Gasteiger partial charge in [0, 0.05) is 19.0 Å². The first-order valence-corrected chi connectivity index (χ1v) is 11.7. The molecule has 3 aliphatic carbocycles. The maximum atomic E-state index is 12.0. The third kappa shape index (κ3) is 5.12. The van der Waals surface area contributed by atoms with Crippen LogP contribution in [0, 0.1) is 23.7 Å². The van der Waals surface area contributed by atoms with E-state index < -0.39 is 0 Å². The standard InChI is InChI=1S/C24H37NO4/c26-22(18-5-1-2-6-18)8-7-20-21-14-17(13-19(21)15-23(20)27)9-12-29-16-24(28)25-10-3-4-11-25/h7-9,18-23,26-27H,1-6,10-16H2/b8-7+,17-9+/t19-,20+,21-,22+,23+/m0/s1. The van der Waals surface area contributed by atoms with Crippen molar-refractivity contribution in [3.63, 3.8) is 0 Å². The molecule has 0 aromatic carbocycles. The quantitative estimate of drug-likeness (QED) is 0.506. The lowest BCUT2D eigenvalue weighted by atomic mass is 9.89. The van der Waals surface area contributed by atoms with Crippen LogP contribution in [-0.2, 0) is 9.53 Å². The maximum absolute atomic E-state index is 12.0. The Morgan fingerprint density at radius 2 is 1.93 bits per heavy atom. The molecule has 5 heteroatoms. The zero-order valence-corrected chi connectivity index (χ0v) is 17.5. The molecule has 2 N–H and O–H groups in total. The SMILES string of the molecule is O=C(COC/C=C1\C[C@H]2C[C@@H](O)[C@H](/C=C/[C@@H](O)C3CCCC3)[C@H]2C1)N1CCCC1. The molecule has 162 valence electrons. The van der Waals surface area contributed by atoms with Crippen molar-refractivity contribution in [1.29, 1.82) is 0 Å². The van der Waals surface area contributed by atoms with Crippen molar-refractivity contribution < 1.29 is 19.7 Å². The van der Waals surface area contributed by atoms with Gasteiger partial charge in [0.05, 0.1) is 18.8 Å². The second-order valence-corrected chi connectivity index (χ2v) is 9.60. The number of carbonyl (C=O) groups excluding carboxylic acids is 1. The van der Waals surface area contributed by atoms with Gasteiger partial charge < -0.3 is 19.8 Å². The highest BCUT2D eigenvalue weighted by Gasteiger charge is 2.45. The lowest BCUT2D eigenvalue weighted by Gasteiger charge is -2.19. The van der Waals surface area contributed by atoms with Crippen LogP contribution in [0.25, 0.3) is 0 Å². The molecule has 4 aliphatic rings. The summed E-state index contributed by atoms with van der Waals surface area (Å²) in [7, 11) is 0. The molecule has 4 rings (SSSR count). The lowest BCUT2D eigenvalue weighted by Crippen LogP contribution is -2.31. The van der Waals surface area contributed by atoms with Crippen LogP contribution in [-0.4, -0.2) is 59.5 Å². The summed E-state index contributed by atoms with van der Waals surface area (Å²) in [6, 6.07) is 0. The molecule has 1 saturated heterocycles. The molecule has 4 fully saturated rings. The van der Waals surface area contributed by atoms with E-state index in [4.69, 9.17) is 4.74 Å². The van der Waals surface area contributed by atoms with Crippen LogP contribution in [0.15, 0.2) is 23.8 Å². The number of hydrogen-bond acceptors (Lipinski definition) is 4. The summed E-state index contributed by atoms with van der Waals surface area (Å²) in [4.78, 5) is 13.9. The number of allylic oxidation sites excluding steroid dienone is 1. The van der Waals surface area contributed by atoms with Gasteiger partial charge in [-0.1, -0.05) is 36.6 Å². The first-order chi connectivity index (χ1) is 14.1. The van der Waals surface area contributed by atoms with Crippen LogP contribution in [0.2, 0.25) is 0 Å². The molecule has 29 heavy (non-hydrogen) atoms. The molecule has 0 unspecified atom stereocenters. The smallest absolute Gasteiger partial charge is 0.248 e. The molecule has 3 saturated carbocycles. The van der Waals surface area contributed by atoms with Crippen LogP contribution >= 0.6 is 0 Å². The van der Waals surface area contributed by atoms with Crippen molar-refractivity contribution in [1.82, 2.24) is 4.90 Å². The number of aliphatic hydroxyl groups excluding tert-OH is 2. The number of likely N-dealkylation sites (tertiary alicyclic amines) is 1. The summed E-state index contributed by atoms with van der Waals surface area (Å²) < 4.78 is 5.61. The Morgan fingerprint density at radius 1 is 1.17 bits per heavy atom. The van der Waals surface area contributed by atoms with Gasteiger partial charge >= 0.3 is 0 Å². The van der Waals surface area contributed by atoms with Gasteiger partial charge in [-0.25, -0.2) is 0 Å². The highest BCUT2D eigenvalue weighted by molar-refractivity contribution is 5.77. The Hall–Kier alpha value is -1.17. The number of hydrogen-bond donors (Lipinski definition) is 2. The van der Waals surface area contributed by atoms with E-state index in [1.54, 1.807) is 0 Å². The monoisotopic (exact) mass is 403 g/mol. The Balaban J connectivity index is 1.24. The first-order valence-electron chi connectivity index (χ1n) is 11.7. The van der Waals surface area contributed by atoms with Crippen LogP contribution in [0.1, 0.15) is 57.8 Å². The van der Waals surface area contributed by atoms with Crippen LogP contribution in [0.3, 0.4) is 0 Å². The fourth-order valence-electron chi connectivity index (χ4n) is 6.02. The van der Waals surface area contributed by atoms with Gasteiger partial charge in [0.2, 0.25) is 5.91 Å². The highest BCUT2D eigenvalue weighted by atomic mass is 16.5. The fourth-order valence-corrected chi connectivity index (χ4v) is 6.02. The number of amides is 1. The molecule has 1 aliphatic heterocycles. The van der Waals surface area contributed by atoms with Crippen LogP contribution in [0.4, 0.5) is 0 Å². The Kier molecular flexibility index (Phi) is 7.09. The summed E-state index contributed by atoms with van der Waals surface area (Å²) in [5, 5.41) is 20.9. The van der Waals surface area contributed by atoms with Gasteiger partial charge in [-0.15, -0.1) is 0 Å². The van der Waals surface area contributed by atoms with E-state index in [-0.39, 0.29) is 30.6 Å². The highest BCUT2D eigenvalue weighted by Crippen LogP contribution is 2.50. The Bertz CT molecular complexity index is 618. The van der Waals surface area contributed by atoms with Gasteiger partial charge in [0.1, 0.15) is 6.61 Å². The van der Waals surface area contributed by atoms with Gasteiger partial charge in [-0.05, 0) is 62.7 Å². The van der Waals surface area contributed by atoms with Crippen molar-refractivity contribution in [3.8, 4) is 0 Å². The van der Waals surface area contributed by atoms with Crippen molar-refractivity contribution in [2.45, 2.75) is 70.0 Å². The number of carbonyl (C=O) groups is 1. The molecule has 5 nitrogen and oxygen atoms in total. The minimum Gasteiger partial charge on any atom is -0.392 e. The van der Waals surface area contributed by atoms with Crippen LogP contribution < -0.4 is 0 Å². The second kappa shape index (κ2) is 9.76. The van der Waals surface area contributed by atoms with E-state index in [2.05, 4.69) is 12.2 Å². The summed E-state index contributed by atoms with van der Waals surface area (Å²) >= 11 is 0.